The average molecular weight is 574 g/mol. The number of rotatable bonds is 7. The van der Waals surface area contributed by atoms with Crippen molar-refractivity contribution in [3.8, 4) is 11.5 Å². The molecule has 0 fully saturated rings. The Balaban J connectivity index is 1.81. The molecule has 0 radical (unpaired) electrons. The lowest BCUT2D eigenvalue weighted by molar-refractivity contribution is 0.102. The summed E-state index contributed by atoms with van der Waals surface area (Å²) >= 11 is 12.5. The molecule has 0 heterocycles. The van der Waals surface area contributed by atoms with Crippen LogP contribution in [-0.4, -0.2) is 31.1 Å². The summed E-state index contributed by atoms with van der Waals surface area (Å²) in [6.45, 7) is 1.69. The highest BCUT2D eigenvalue weighted by Gasteiger charge is 2.21. The van der Waals surface area contributed by atoms with Crippen molar-refractivity contribution in [1.29, 1.82) is 0 Å². The zero-order valence-electron chi connectivity index (χ0n) is 20.1. The smallest absolute Gasteiger partial charge is 0.294 e. The van der Waals surface area contributed by atoms with E-state index in [0.717, 1.165) is 6.07 Å². The second-order valence-electron chi connectivity index (χ2n) is 8.05. The van der Waals surface area contributed by atoms with Gasteiger partial charge in [-0.05, 0) is 47.7 Å². The summed E-state index contributed by atoms with van der Waals surface area (Å²) in [6.07, 6.45) is 0.255. The van der Waals surface area contributed by atoms with E-state index in [-0.39, 0.29) is 49.6 Å². The van der Waals surface area contributed by atoms with Gasteiger partial charge in [0.1, 0.15) is 21.4 Å². The molecule has 1 amide bonds. The predicted molar refractivity (Wildman–Crippen MR) is 146 cm³/mol. The number of halogens is 2. The third kappa shape index (κ3) is 5.44. The van der Waals surface area contributed by atoms with E-state index in [1.807, 2.05) is 0 Å². The molecule has 0 saturated carbocycles. The van der Waals surface area contributed by atoms with E-state index < -0.39 is 21.8 Å². The maximum absolute atomic E-state index is 13.2. The van der Waals surface area contributed by atoms with Gasteiger partial charge in [-0.1, -0.05) is 60.5 Å². The number of phenols is 1. The highest BCUT2D eigenvalue weighted by Crippen LogP contribution is 2.41. The second-order valence-corrected chi connectivity index (χ2v) is 10.2. The predicted octanol–water partition coefficient (Wildman–Crippen LogP) is 7.34. The molecule has 4 aromatic carbocycles. The topological polar surface area (TPSA) is 138 Å². The Morgan fingerprint density at radius 3 is 2.47 bits per heavy atom. The van der Waals surface area contributed by atoms with Crippen molar-refractivity contribution < 1.29 is 27.6 Å². The van der Waals surface area contributed by atoms with Crippen LogP contribution in [0.3, 0.4) is 0 Å². The van der Waals surface area contributed by atoms with Crippen molar-refractivity contribution in [2.24, 2.45) is 10.2 Å². The van der Waals surface area contributed by atoms with Gasteiger partial charge in [-0.2, -0.15) is 13.5 Å². The maximum Gasteiger partial charge on any atom is 0.294 e. The molecule has 3 N–H and O–H groups in total. The number of carbonyl (C=O) groups excluding carboxylic acids is 1. The zero-order valence-corrected chi connectivity index (χ0v) is 22.4. The van der Waals surface area contributed by atoms with Crippen LogP contribution in [0.15, 0.2) is 75.8 Å². The van der Waals surface area contributed by atoms with Crippen LogP contribution in [0.1, 0.15) is 22.8 Å². The number of nitrogens with one attached hydrogen (secondary N) is 1. The molecule has 0 unspecified atom stereocenters. The number of carbonyl (C=O) groups is 1. The van der Waals surface area contributed by atoms with Gasteiger partial charge in [0.05, 0.1) is 24.0 Å². The molecule has 4 aromatic rings. The third-order valence-corrected chi connectivity index (χ3v) is 7.35. The summed E-state index contributed by atoms with van der Waals surface area (Å²) in [6, 6.07) is 15.8. The Labute approximate surface area is 228 Å². The molecule has 0 atom stereocenters. The number of ether oxygens (including phenoxy) is 1. The molecule has 0 bridgehead atoms. The van der Waals surface area contributed by atoms with Gasteiger partial charge in [0.25, 0.3) is 16.0 Å². The first-order valence-electron chi connectivity index (χ1n) is 11.1. The molecule has 0 aliphatic carbocycles. The molecule has 12 heteroatoms. The number of fused-ring (bicyclic) bond motifs is 1. The minimum Gasteiger partial charge on any atom is -0.505 e. The number of benzene rings is 4. The Morgan fingerprint density at radius 1 is 1.05 bits per heavy atom. The largest absolute Gasteiger partial charge is 0.505 e. The fourth-order valence-corrected chi connectivity index (χ4v) is 5.37. The SMILES string of the molecule is CCc1c(Cl)cc(N=Nc2c(O)c(C(=O)Nc3cccc(OC)c3Cl)cc3ccccc23)cc1S(=O)(=O)O. The Bertz CT molecular complexity index is 1710. The van der Waals surface area contributed by atoms with E-state index >= 15 is 0 Å². The molecule has 0 aliphatic heterocycles. The average Bonchev–Trinajstić information content (AvgIpc) is 2.88. The molecule has 4 rings (SSSR count). The molecular formula is C26H21Cl2N3O6S. The Hall–Kier alpha value is -3.70. The van der Waals surface area contributed by atoms with Crippen LogP contribution in [0, 0.1) is 0 Å². The summed E-state index contributed by atoms with van der Waals surface area (Å²) in [5.41, 5.74) is 0.386. The lowest BCUT2D eigenvalue weighted by Gasteiger charge is -2.13. The van der Waals surface area contributed by atoms with Crippen molar-refractivity contribution in [3.05, 3.63) is 81.8 Å². The standard InChI is InChI=1S/C26H21Cl2N3O6S/c1-3-16-19(27)12-15(13-22(16)38(34,35)36)30-31-24-17-8-5-4-7-14(17)11-18(25(24)32)26(33)29-20-9-6-10-21(37-2)23(20)28/h4-13,32H,3H2,1-2H3,(H,29,33)(H,34,35,36). The Morgan fingerprint density at radius 2 is 1.79 bits per heavy atom. The number of phenolic OH excluding ortho intramolecular Hbond substituents is 1. The van der Waals surface area contributed by atoms with Gasteiger partial charge in [-0.3, -0.25) is 9.35 Å². The lowest BCUT2D eigenvalue weighted by atomic mass is 10.0. The highest BCUT2D eigenvalue weighted by atomic mass is 35.5. The van der Waals surface area contributed by atoms with Gasteiger partial charge in [0.15, 0.2) is 5.75 Å². The zero-order chi connectivity index (χ0) is 27.6. The molecule has 38 heavy (non-hydrogen) atoms. The van der Waals surface area contributed by atoms with Crippen molar-refractivity contribution >= 4 is 67.1 Å². The van der Waals surface area contributed by atoms with Crippen LogP contribution in [0.5, 0.6) is 11.5 Å². The van der Waals surface area contributed by atoms with Crippen molar-refractivity contribution in [2.45, 2.75) is 18.2 Å². The minimum atomic E-state index is -4.58. The number of nitrogens with zero attached hydrogens (tertiary/aromatic N) is 2. The maximum atomic E-state index is 13.2. The van der Waals surface area contributed by atoms with Crippen LogP contribution in [-0.2, 0) is 16.5 Å². The van der Waals surface area contributed by atoms with Gasteiger partial charge in [0, 0.05) is 10.4 Å². The summed E-state index contributed by atoms with van der Waals surface area (Å²) in [5.74, 6) is -0.766. The molecule has 0 aromatic heterocycles. The molecule has 0 spiro atoms. The number of aromatic hydroxyl groups is 1. The van der Waals surface area contributed by atoms with E-state index in [1.54, 1.807) is 49.4 Å². The van der Waals surface area contributed by atoms with E-state index in [0.29, 0.717) is 16.5 Å². The van der Waals surface area contributed by atoms with Gasteiger partial charge in [-0.15, -0.1) is 5.11 Å². The molecule has 196 valence electrons. The van der Waals surface area contributed by atoms with Crippen LogP contribution < -0.4 is 10.1 Å². The quantitative estimate of drug-likeness (QED) is 0.156. The monoisotopic (exact) mass is 573 g/mol. The molecule has 9 nitrogen and oxygen atoms in total. The van der Waals surface area contributed by atoms with E-state index in [4.69, 9.17) is 27.9 Å². The van der Waals surface area contributed by atoms with Crippen LogP contribution in [0.25, 0.3) is 10.8 Å². The number of hydrogen-bond acceptors (Lipinski definition) is 7. The molecule has 0 saturated heterocycles. The third-order valence-electron chi connectivity index (χ3n) is 5.71. The lowest BCUT2D eigenvalue weighted by Crippen LogP contribution is -2.12. The number of hydrogen-bond donors (Lipinski definition) is 3. The van der Waals surface area contributed by atoms with E-state index in [9.17, 15) is 22.9 Å². The number of azo groups is 1. The summed E-state index contributed by atoms with van der Waals surface area (Å²) < 4.78 is 38.6. The first kappa shape index (κ1) is 27.3. The summed E-state index contributed by atoms with van der Waals surface area (Å²) in [7, 11) is -3.14. The number of methoxy groups -OCH3 is 1. The highest BCUT2D eigenvalue weighted by molar-refractivity contribution is 7.85. The minimum absolute atomic E-state index is 0.0151. The first-order chi connectivity index (χ1) is 18.0. The fourth-order valence-electron chi connectivity index (χ4n) is 3.88. The van der Waals surface area contributed by atoms with E-state index in [2.05, 4.69) is 15.5 Å². The second kappa shape index (κ2) is 11.0. The van der Waals surface area contributed by atoms with Gasteiger partial charge in [-0.25, -0.2) is 0 Å². The van der Waals surface area contributed by atoms with Crippen molar-refractivity contribution in [1.82, 2.24) is 0 Å². The van der Waals surface area contributed by atoms with Crippen molar-refractivity contribution in [3.63, 3.8) is 0 Å². The number of amides is 1. The fraction of sp³-hybridized carbons (Fsp3) is 0.115. The van der Waals surface area contributed by atoms with E-state index in [1.165, 1.54) is 19.2 Å². The van der Waals surface area contributed by atoms with Gasteiger partial charge in [0.2, 0.25) is 0 Å². The van der Waals surface area contributed by atoms with Gasteiger partial charge >= 0.3 is 0 Å². The molecule has 0 aliphatic rings. The molecular weight excluding hydrogens is 553 g/mol. The van der Waals surface area contributed by atoms with Crippen LogP contribution >= 0.6 is 23.2 Å². The van der Waals surface area contributed by atoms with Crippen molar-refractivity contribution in [2.75, 3.05) is 12.4 Å². The normalized spacial score (nSPS) is 11.7. The Kier molecular flexibility index (Phi) is 7.89. The number of anilines is 1. The first-order valence-corrected chi connectivity index (χ1v) is 13.3. The van der Waals surface area contributed by atoms with Crippen LogP contribution in [0.2, 0.25) is 10.0 Å². The van der Waals surface area contributed by atoms with Crippen LogP contribution in [0.4, 0.5) is 17.1 Å². The van der Waals surface area contributed by atoms with Gasteiger partial charge < -0.3 is 15.2 Å². The summed E-state index contributed by atoms with van der Waals surface area (Å²) in [4.78, 5) is 12.8. The summed E-state index contributed by atoms with van der Waals surface area (Å²) in [5, 5.41) is 23.2.